The van der Waals surface area contributed by atoms with Crippen LogP contribution in [0.2, 0.25) is 0 Å². The van der Waals surface area contributed by atoms with Crippen LogP contribution >= 0.6 is 0 Å². The lowest BCUT2D eigenvalue weighted by atomic mass is 10.1. The molecule has 18 heavy (non-hydrogen) atoms. The first-order valence-electron chi connectivity index (χ1n) is 5.81. The second-order valence-electron chi connectivity index (χ2n) is 3.84. The van der Waals surface area contributed by atoms with Crippen molar-refractivity contribution in [3.05, 3.63) is 35.4 Å². The zero-order chi connectivity index (χ0) is 13.4. The van der Waals surface area contributed by atoms with Crippen LogP contribution in [0, 0.1) is 0 Å². The topological polar surface area (TPSA) is 81.4 Å². The van der Waals surface area contributed by atoms with Gasteiger partial charge in [0.1, 0.15) is 0 Å². The summed E-state index contributed by atoms with van der Waals surface area (Å²) in [6.45, 7) is 0.851. The predicted octanol–water partition coefficient (Wildman–Crippen LogP) is 0.828. The number of benzene rings is 1. The van der Waals surface area contributed by atoms with Crippen molar-refractivity contribution >= 4 is 11.9 Å². The van der Waals surface area contributed by atoms with Crippen LogP contribution in [0.3, 0.4) is 0 Å². The molecule has 0 saturated heterocycles. The van der Waals surface area contributed by atoms with Gasteiger partial charge in [-0.1, -0.05) is 12.1 Å². The van der Waals surface area contributed by atoms with Crippen LogP contribution in [0.5, 0.6) is 0 Å². The van der Waals surface area contributed by atoms with Crippen molar-refractivity contribution in [2.75, 3.05) is 13.7 Å². The SMILES string of the molecule is COC(=O)CCCNC(=O)c1cccc(CN)c1. The largest absolute Gasteiger partial charge is 0.469 e. The van der Waals surface area contributed by atoms with E-state index < -0.39 is 0 Å². The molecular weight excluding hydrogens is 232 g/mol. The average Bonchev–Trinajstić information content (AvgIpc) is 2.43. The summed E-state index contributed by atoms with van der Waals surface area (Å²) in [6, 6.07) is 7.16. The molecule has 1 amide bonds. The van der Waals surface area contributed by atoms with E-state index in [0.717, 1.165) is 5.56 Å². The van der Waals surface area contributed by atoms with Gasteiger partial charge >= 0.3 is 5.97 Å². The van der Waals surface area contributed by atoms with Crippen LogP contribution in [-0.2, 0) is 16.1 Å². The van der Waals surface area contributed by atoms with Crippen LogP contribution < -0.4 is 11.1 Å². The molecule has 0 heterocycles. The molecular formula is C13H18N2O3. The Hall–Kier alpha value is -1.88. The molecule has 0 atom stereocenters. The fourth-order valence-electron chi connectivity index (χ4n) is 1.48. The van der Waals surface area contributed by atoms with Gasteiger partial charge in [0.2, 0.25) is 0 Å². The van der Waals surface area contributed by atoms with E-state index in [4.69, 9.17) is 5.73 Å². The van der Waals surface area contributed by atoms with Crippen LogP contribution in [0.4, 0.5) is 0 Å². The van der Waals surface area contributed by atoms with Gasteiger partial charge < -0.3 is 15.8 Å². The van der Waals surface area contributed by atoms with E-state index in [0.29, 0.717) is 31.5 Å². The lowest BCUT2D eigenvalue weighted by molar-refractivity contribution is -0.140. The Morgan fingerprint density at radius 1 is 1.39 bits per heavy atom. The molecule has 1 aromatic carbocycles. The van der Waals surface area contributed by atoms with Gasteiger partial charge in [-0.2, -0.15) is 0 Å². The molecule has 0 fully saturated rings. The van der Waals surface area contributed by atoms with Crippen LogP contribution in [-0.4, -0.2) is 25.5 Å². The zero-order valence-corrected chi connectivity index (χ0v) is 10.4. The summed E-state index contributed by atoms with van der Waals surface area (Å²) in [7, 11) is 1.35. The number of esters is 1. The summed E-state index contributed by atoms with van der Waals surface area (Å²) in [5.41, 5.74) is 7.00. The smallest absolute Gasteiger partial charge is 0.305 e. The number of amides is 1. The van der Waals surface area contributed by atoms with Crippen molar-refractivity contribution < 1.29 is 14.3 Å². The molecule has 0 aliphatic carbocycles. The molecule has 0 unspecified atom stereocenters. The van der Waals surface area contributed by atoms with E-state index >= 15 is 0 Å². The number of nitrogens with one attached hydrogen (secondary N) is 1. The molecule has 0 spiro atoms. The van der Waals surface area contributed by atoms with E-state index in [9.17, 15) is 9.59 Å². The Morgan fingerprint density at radius 2 is 2.17 bits per heavy atom. The Labute approximate surface area is 106 Å². The molecule has 0 saturated carbocycles. The quantitative estimate of drug-likeness (QED) is 0.578. The number of rotatable bonds is 6. The highest BCUT2D eigenvalue weighted by Gasteiger charge is 2.06. The van der Waals surface area contributed by atoms with Crippen LogP contribution in [0.15, 0.2) is 24.3 Å². The van der Waals surface area contributed by atoms with Crippen molar-refractivity contribution in [3.63, 3.8) is 0 Å². The maximum Gasteiger partial charge on any atom is 0.305 e. The van der Waals surface area contributed by atoms with Gasteiger partial charge in [-0.05, 0) is 24.1 Å². The normalized spacial score (nSPS) is 9.89. The summed E-state index contributed by atoms with van der Waals surface area (Å²) in [5, 5.41) is 2.74. The first-order chi connectivity index (χ1) is 8.67. The first-order valence-corrected chi connectivity index (χ1v) is 5.81. The van der Waals surface area contributed by atoms with E-state index in [2.05, 4.69) is 10.1 Å². The Morgan fingerprint density at radius 3 is 2.83 bits per heavy atom. The molecule has 0 bridgehead atoms. The molecule has 5 nitrogen and oxygen atoms in total. The van der Waals surface area contributed by atoms with Crippen LogP contribution in [0.1, 0.15) is 28.8 Å². The molecule has 0 aliphatic heterocycles. The first kappa shape index (κ1) is 14.2. The number of carbonyl (C=O) groups excluding carboxylic acids is 2. The number of nitrogens with two attached hydrogens (primary N) is 1. The van der Waals surface area contributed by atoms with Crippen molar-refractivity contribution in [3.8, 4) is 0 Å². The summed E-state index contributed by atoms with van der Waals surface area (Å²) in [5.74, 6) is -0.426. The van der Waals surface area contributed by atoms with Gasteiger partial charge in [0.15, 0.2) is 0 Å². The second kappa shape index (κ2) is 7.45. The lowest BCUT2D eigenvalue weighted by Gasteiger charge is -2.06. The van der Waals surface area contributed by atoms with Crippen molar-refractivity contribution in [2.24, 2.45) is 5.73 Å². The maximum absolute atomic E-state index is 11.8. The van der Waals surface area contributed by atoms with Gasteiger partial charge in [-0.15, -0.1) is 0 Å². The zero-order valence-electron chi connectivity index (χ0n) is 10.4. The van der Waals surface area contributed by atoms with Gasteiger partial charge in [-0.3, -0.25) is 9.59 Å². The molecule has 98 valence electrons. The summed E-state index contributed by atoms with van der Waals surface area (Å²) in [6.07, 6.45) is 0.870. The van der Waals surface area contributed by atoms with Gasteiger partial charge in [0.05, 0.1) is 7.11 Å². The summed E-state index contributed by atoms with van der Waals surface area (Å²) < 4.78 is 4.51. The summed E-state index contributed by atoms with van der Waals surface area (Å²) >= 11 is 0. The van der Waals surface area contributed by atoms with E-state index in [-0.39, 0.29) is 11.9 Å². The highest BCUT2D eigenvalue weighted by Crippen LogP contribution is 2.04. The number of hydrogen-bond donors (Lipinski definition) is 2. The fraction of sp³-hybridized carbons (Fsp3) is 0.385. The van der Waals surface area contributed by atoms with E-state index in [1.807, 2.05) is 6.07 Å². The molecule has 3 N–H and O–H groups in total. The molecule has 0 radical (unpaired) electrons. The number of ether oxygens (including phenoxy) is 1. The lowest BCUT2D eigenvalue weighted by Crippen LogP contribution is -2.25. The standard InChI is InChI=1S/C13H18N2O3/c1-18-12(16)6-3-7-15-13(17)11-5-2-4-10(8-11)9-14/h2,4-5,8H,3,6-7,9,14H2,1H3,(H,15,17). The minimum atomic E-state index is -0.269. The van der Waals surface area contributed by atoms with Crippen LogP contribution in [0.25, 0.3) is 0 Å². The number of methoxy groups -OCH3 is 1. The average molecular weight is 250 g/mol. The number of carbonyl (C=O) groups is 2. The third-order valence-corrected chi connectivity index (χ3v) is 2.50. The van der Waals surface area contributed by atoms with Gasteiger partial charge in [-0.25, -0.2) is 0 Å². The third kappa shape index (κ3) is 4.55. The fourth-order valence-corrected chi connectivity index (χ4v) is 1.48. The van der Waals surface area contributed by atoms with E-state index in [1.54, 1.807) is 18.2 Å². The minimum Gasteiger partial charge on any atom is -0.469 e. The Kier molecular flexibility index (Phi) is 5.87. The Bertz CT molecular complexity index is 418. The molecule has 1 rings (SSSR count). The highest BCUT2D eigenvalue weighted by atomic mass is 16.5. The highest BCUT2D eigenvalue weighted by molar-refractivity contribution is 5.94. The molecule has 5 heteroatoms. The third-order valence-electron chi connectivity index (χ3n) is 2.50. The maximum atomic E-state index is 11.8. The summed E-state index contributed by atoms with van der Waals surface area (Å²) in [4.78, 5) is 22.6. The van der Waals surface area contributed by atoms with Crippen molar-refractivity contribution in [1.29, 1.82) is 0 Å². The van der Waals surface area contributed by atoms with Gasteiger partial charge in [0.25, 0.3) is 5.91 Å². The second-order valence-corrected chi connectivity index (χ2v) is 3.84. The van der Waals surface area contributed by atoms with E-state index in [1.165, 1.54) is 7.11 Å². The van der Waals surface area contributed by atoms with Crippen molar-refractivity contribution in [2.45, 2.75) is 19.4 Å². The molecule has 0 aromatic heterocycles. The molecule has 0 aliphatic rings. The number of hydrogen-bond acceptors (Lipinski definition) is 4. The van der Waals surface area contributed by atoms with Gasteiger partial charge in [0, 0.05) is 25.1 Å². The Balaban J connectivity index is 2.38. The molecule has 1 aromatic rings. The monoisotopic (exact) mass is 250 g/mol. The predicted molar refractivity (Wildman–Crippen MR) is 67.9 cm³/mol. The minimum absolute atomic E-state index is 0.157. The van der Waals surface area contributed by atoms with Crippen molar-refractivity contribution in [1.82, 2.24) is 5.32 Å².